The van der Waals surface area contributed by atoms with Crippen LogP contribution in [0.15, 0.2) is 18.2 Å². The van der Waals surface area contributed by atoms with Gasteiger partial charge in [0.05, 0.1) is 6.54 Å². The monoisotopic (exact) mass is 357 g/mol. The summed E-state index contributed by atoms with van der Waals surface area (Å²) in [7, 11) is 0. The number of halogens is 6. The Hall–Kier alpha value is -1.52. The van der Waals surface area contributed by atoms with E-state index in [4.69, 9.17) is 10.5 Å². The number of benzene rings is 1. The van der Waals surface area contributed by atoms with Crippen molar-refractivity contribution in [1.82, 2.24) is 5.32 Å². The summed E-state index contributed by atoms with van der Waals surface area (Å²) in [5.74, 6) is -5.59. The van der Waals surface area contributed by atoms with Crippen LogP contribution >= 0.6 is 0 Å². The van der Waals surface area contributed by atoms with Crippen molar-refractivity contribution in [3.8, 4) is 0 Å². The molecule has 4 nitrogen and oxygen atoms in total. The molecule has 0 spiro atoms. The molecule has 1 aliphatic heterocycles. The third kappa shape index (κ3) is 3.93. The van der Waals surface area contributed by atoms with Gasteiger partial charge in [-0.05, 0) is 25.1 Å². The Morgan fingerprint density at radius 2 is 2.00 bits per heavy atom. The maximum absolute atomic E-state index is 14.1. The molecule has 1 heterocycles. The van der Waals surface area contributed by atoms with Crippen LogP contribution in [0.5, 0.6) is 0 Å². The van der Waals surface area contributed by atoms with Crippen molar-refractivity contribution in [2.24, 2.45) is 5.73 Å². The molecule has 1 fully saturated rings. The van der Waals surface area contributed by atoms with E-state index in [-0.39, 0.29) is 17.8 Å². The van der Waals surface area contributed by atoms with Gasteiger partial charge in [0.15, 0.2) is 0 Å². The third-order valence-electron chi connectivity index (χ3n) is 3.68. The van der Waals surface area contributed by atoms with Crippen molar-refractivity contribution in [3.63, 3.8) is 0 Å². The molecule has 0 saturated carbocycles. The maximum atomic E-state index is 14.1. The van der Waals surface area contributed by atoms with Gasteiger partial charge in [-0.3, -0.25) is 0 Å². The highest BCUT2D eigenvalue weighted by Crippen LogP contribution is 2.36. The van der Waals surface area contributed by atoms with Crippen molar-refractivity contribution >= 4 is 5.69 Å². The molecule has 1 aromatic rings. The van der Waals surface area contributed by atoms with Gasteiger partial charge in [-0.1, -0.05) is 0 Å². The quantitative estimate of drug-likeness (QED) is 0.725. The maximum Gasteiger partial charge on any atom is 0.455 e. The summed E-state index contributed by atoms with van der Waals surface area (Å²) >= 11 is 0. The van der Waals surface area contributed by atoms with E-state index in [0.29, 0.717) is 6.54 Å². The Morgan fingerprint density at radius 3 is 2.58 bits per heavy atom. The number of hydrogen-bond donors (Lipinski definition) is 3. The molecule has 0 amide bonds. The van der Waals surface area contributed by atoms with E-state index in [2.05, 4.69) is 5.32 Å². The van der Waals surface area contributed by atoms with Gasteiger partial charge >= 0.3 is 12.1 Å². The lowest BCUT2D eigenvalue weighted by molar-refractivity contribution is -0.275. The second-order valence-corrected chi connectivity index (χ2v) is 5.77. The minimum atomic E-state index is -5.67. The Labute approximate surface area is 134 Å². The van der Waals surface area contributed by atoms with E-state index in [0.717, 1.165) is 18.2 Å². The van der Waals surface area contributed by atoms with Crippen molar-refractivity contribution in [2.45, 2.75) is 30.9 Å². The van der Waals surface area contributed by atoms with Gasteiger partial charge in [0.25, 0.3) is 0 Å². The number of ether oxygens (including phenoxy) is 1. The van der Waals surface area contributed by atoms with Gasteiger partial charge in [-0.2, -0.15) is 22.0 Å². The van der Waals surface area contributed by atoms with Crippen LogP contribution in [0, 0.1) is 5.82 Å². The highest BCUT2D eigenvalue weighted by Gasteiger charge is 2.57. The largest absolute Gasteiger partial charge is 0.455 e. The highest BCUT2D eigenvalue weighted by atomic mass is 19.4. The minimum absolute atomic E-state index is 0.00507. The van der Waals surface area contributed by atoms with Crippen LogP contribution in [0.1, 0.15) is 12.5 Å². The Bertz CT molecular complexity index is 594. The lowest BCUT2D eigenvalue weighted by Gasteiger charge is -2.38. The van der Waals surface area contributed by atoms with Gasteiger partial charge in [0.2, 0.25) is 0 Å². The average Bonchev–Trinajstić information content (AvgIpc) is 2.44. The van der Waals surface area contributed by atoms with Crippen LogP contribution in [0.3, 0.4) is 0 Å². The van der Waals surface area contributed by atoms with Crippen molar-refractivity contribution < 1.29 is 31.1 Å². The van der Waals surface area contributed by atoms with Crippen molar-refractivity contribution in [1.29, 1.82) is 0 Å². The fourth-order valence-corrected chi connectivity index (χ4v) is 2.38. The number of anilines is 1. The number of alkyl halides is 5. The lowest BCUT2D eigenvalue weighted by Crippen LogP contribution is -2.53. The van der Waals surface area contributed by atoms with Gasteiger partial charge in [-0.15, -0.1) is 0 Å². The standard InChI is InChI=1S/C14H17F6N3O/c1-12(6-22-5-11(21)24-12)9-4-8(2-3-10(9)15)23-7-13(16,17)14(18,19)20/h2-4,11,22-23H,5-7,21H2,1H3/t11-,12?/m1/s1. The molecule has 0 aromatic heterocycles. The molecule has 136 valence electrons. The van der Waals surface area contributed by atoms with Crippen molar-refractivity contribution in [2.75, 3.05) is 25.0 Å². The molecule has 2 rings (SSSR count). The van der Waals surface area contributed by atoms with E-state index in [1.165, 1.54) is 0 Å². The molecule has 1 aliphatic rings. The number of rotatable bonds is 4. The average molecular weight is 357 g/mol. The highest BCUT2D eigenvalue weighted by molar-refractivity contribution is 5.48. The molecule has 0 aliphatic carbocycles. The minimum Gasteiger partial charge on any atom is -0.379 e. The van der Waals surface area contributed by atoms with Crippen LogP contribution < -0.4 is 16.4 Å². The predicted octanol–water partition coefficient (Wildman–Crippen LogP) is 2.55. The summed E-state index contributed by atoms with van der Waals surface area (Å²) in [6, 6.07) is 3.18. The molecule has 1 unspecified atom stereocenters. The van der Waals surface area contributed by atoms with Crippen LogP contribution in [-0.4, -0.2) is 38.0 Å². The molecule has 1 saturated heterocycles. The number of morpholine rings is 1. The first-order chi connectivity index (χ1) is 10.9. The Balaban J connectivity index is 2.20. The zero-order valence-electron chi connectivity index (χ0n) is 12.7. The summed E-state index contributed by atoms with van der Waals surface area (Å²) < 4.78 is 82.1. The second-order valence-electron chi connectivity index (χ2n) is 5.77. The van der Waals surface area contributed by atoms with Crippen LogP contribution in [0.25, 0.3) is 0 Å². The smallest absolute Gasteiger partial charge is 0.379 e. The van der Waals surface area contributed by atoms with Gasteiger partial charge in [0.1, 0.15) is 17.6 Å². The fraction of sp³-hybridized carbons (Fsp3) is 0.571. The molecular weight excluding hydrogens is 340 g/mol. The van der Waals surface area contributed by atoms with Gasteiger partial charge < -0.3 is 21.1 Å². The SMILES string of the molecule is CC1(c2cc(NCC(F)(F)C(F)(F)F)ccc2F)CNC[C@H](N)O1. The van der Waals surface area contributed by atoms with Crippen LogP contribution in [-0.2, 0) is 10.3 Å². The topological polar surface area (TPSA) is 59.3 Å². The number of nitrogens with one attached hydrogen (secondary N) is 2. The molecule has 0 radical (unpaired) electrons. The molecule has 1 aromatic carbocycles. The summed E-state index contributed by atoms with van der Waals surface area (Å²) in [6.45, 7) is 0.454. The predicted molar refractivity (Wildman–Crippen MR) is 75.2 cm³/mol. The van der Waals surface area contributed by atoms with E-state index < -0.39 is 36.3 Å². The second kappa shape index (κ2) is 6.41. The lowest BCUT2D eigenvalue weighted by atomic mass is 9.93. The Kier molecular flexibility index (Phi) is 5.03. The molecule has 10 heteroatoms. The van der Waals surface area contributed by atoms with E-state index in [1.807, 2.05) is 5.32 Å². The molecule has 4 N–H and O–H groups in total. The molecule has 24 heavy (non-hydrogen) atoms. The van der Waals surface area contributed by atoms with E-state index in [1.54, 1.807) is 6.92 Å². The van der Waals surface area contributed by atoms with Gasteiger partial charge in [-0.25, -0.2) is 4.39 Å². The fourth-order valence-electron chi connectivity index (χ4n) is 2.38. The molecule has 0 bridgehead atoms. The van der Waals surface area contributed by atoms with E-state index in [9.17, 15) is 26.3 Å². The summed E-state index contributed by atoms with van der Waals surface area (Å²) in [5, 5.41) is 4.92. The van der Waals surface area contributed by atoms with E-state index >= 15 is 0 Å². The van der Waals surface area contributed by atoms with Crippen LogP contribution in [0.2, 0.25) is 0 Å². The summed E-state index contributed by atoms with van der Waals surface area (Å²) in [4.78, 5) is 0. The first-order valence-electron chi connectivity index (χ1n) is 7.07. The summed E-state index contributed by atoms with van der Waals surface area (Å²) in [6.07, 6.45) is -6.37. The zero-order valence-corrected chi connectivity index (χ0v) is 12.7. The van der Waals surface area contributed by atoms with Crippen LogP contribution in [0.4, 0.5) is 32.0 Å². The molecular formula is C14H17F6N3O. The number of hydrogen-bond acceptors (Lipinski definition) is 4. The first-order valence-corrected chi connectivity index (χ1v) is 7.07. The third-order valence-corrected chi connectivity index (χ3v) is 3.68. The summed E-state index contributed by atoms with van der Waals surface area (Å²) in [5.41, 5.74) is 4.40. The van der Waals surface area contributed by atoms with Gasteiger partial charge in [0, 0.05) is 24.3 Å². The van der Waals surface area contributed by atoms with Crippen molar-refractivity contribution in [3.05, 3.63) is 29.6 Å². The number of nitrogens with two attached hydrogens (primary N) is 1. The normalized spacial score (nSPS) is 25.6. The first kappa shape index (κ1) is 18.8. The Morgan fingerprint density at radius 1 is 1.33 bits per heavy atom. The zero-order chi connectivity index (χ0) is 18.2. The molecule has 2 atom stereocenters.